The van der Waals surface area contributed by atoms with Gasteiger partial charge in [-0.15, -0.1) is 0 Å². The van der Waals surface area contributed by atoms with Gasteiger partial charge in [-0.1, -0.05) is 325 Å². The summed E-state index contributed by atoms with van der Waals surface area (Å²) in [6.45, 7) is 14.1. The number of aliphatic hydroxyl groups is 1. The molecule has 0 bridgehead atoms. The average Bonchev–Trinajstić information content (AvgIpc) is 1.58. The third-order valence-corrected chi connectivity index (χ3v) is 19.6. The lowest BCUT2D eigenvalue weighted by molar-refractivity contribution is -0.161. The predicted octanol–water partition coefficient (Wildman–Crippen LogP) is 21.7. The number of carbonyl (C=O) groups excluding carboxylic acids is 4. The van der Waals surface area contributed by atoms with E-state index in [9.17, 15) is 43.2 Å². The minimum absolute atomic E-state index is 0.104. The second-order valence-corrected chi connectivity index (χ2v) is 31.6. The van der Waals surface area contributed by atoms with Gasteiger partial charge in [-0.05, 0) is 49.4 Å². The Morgan fingerprint density at radius 1 is 0.298 bits per heavy atom. The van der Waals surface area contributed by atoms with Crippen molar-refractivity contribution in [2.75, 3.05) is 39.6 Å². The Labute approximate surface area is 575 Å². The second kappa shape index (κ2) is 64.4. The van der Waals surface area contributed by atoms with Gasteiger partial charge in [0.25, 0.3) is 0 Å². The number of aliphatic hydroxyl groups excluding tert-OH is 1. The van der Waals surface area contributed by atoms with Crippen LogP contribution >= 0.6 is 15.6 Å². The summed E-state index contributed by atoms with van der Waals surface area (Å²) in [5.41, 5.74) is 0. The van der Waals surface area contributed by atoms with E-state index in [1.165, 1.54) is 173 Å². The van der Waals surface area contributed by atoms with Crippen molar-refractivity contribution in [3.8, 4) is 0 Å². The molecule has 3 unspecified atom stereocenters. The Morgan fingerprint density at radius 3 is 0.755 bits per heavy atom. The summed E-state index contributed by atoms with van der Waals surface area (Å²) in [6, 6.07) is 0. The van der Waals surface area contributed by atoms with Crippen molar-refractivity contribution in [2.24, 2.45) is 23.7 Å². The molecule has 0 fully saturated rings. The van der Waals surface area contributed by atoms with Crippen LogP contribution in [0.2, 0.25) is 0 Å². The zero-order chi connectivity index (χ0) is 69.6. The van der Waals surface area contributed by atoms with E-state index in [1.807, 2.05) is 0 Å². The number of carbonyl (C=O) groups is 4. The van der Waals surface area contributed by atoms with Gasteiger partial charge in [0.1, 0.15) is 19.3 Å². The Morgan fingerprint density at radius 2 is 0.511 bits per heavy atom. The average molecular weight is 1380 g/mol. The number of hydrogen-bond acceptors (Lipinski definition) is 15. The minimum Gasteiger partial charge on any atom is -0.462 e. The maximum absolute atomic E-state index is 13.1. The van der Waals surface area contributed by atoms with E-state index in [1.54, 1.807) is 0 Å². The van der Waals surface area contributed by atoms with Gasteiger partial charge in [0.15, 0.2) is 12.2 Å². The van der Waals surface area contributed by atoms with E-state index in [-0.39, 0.29) is 25.7 Å². The molecule has 0 aromatic heterocycles. The van der Waals surface area contributed by atoms with Crippen LogP contribution in [0.4, 0.5) is 0 Å². The number of phosphoric ester groups is 2. The van der Waals surface area contributed by atoms with E-state index in [0.29, 0.717) is 31.6 Å². The van der Waals surface area contributed by atoms with Crippen LogP contribution < -0.4 is 0 Å². The highest BCUT2D eigenvalue weighted by atomic mass is 31.2. The summed E-state index contributed by atoms with van der Waals surface area (Å²) in [4.78, 5) is 72.7. The SMILES string of the molecule is CCC(C)CCCCCCCCCCC(=O)O[C@H](COC(=O)CCCCCCCCC(C)C)COP(=O)(O)OC[C@H](O)COP(=O)(O)OC[C@@H](COC(=O)CCCCCCCCCCCC(C)C)OC(=O)CCCCCCCCCCCCCCCCCCCCC(C)C. The summed E-state index contributed by atoms with van der Waals surface area (Å²) in [7, 11) is -9.91. The highest BCUT2D eigenvalue weighted by molar-refractivity contribution is 7.47. The van der Waals surface area contributed by atoms with Crippen LogP contribution in [0.3, 0.4) is 0 Å². The quantitative estimate of drug-likeness (QED) is 0.0222. The zero-order valence-electron chi connectivity index (χ0n) is 61.6. The van der Waals surface area contributed by atoms with Crippen molar-refractivity contribution in [1.29, 1.82) is 0 Å². The molecular weight excluding hydrogens is 1230 g/mol. The van der Waals surface area contributed by atoms with E-state index in [2.05, 4.69) is 55.4 Å². The first-order chi connectivity index (χ1) is 45.1. The third kappa shape index (κ3) is 67.3. The zero-order valence-corrected chi connectivity index (χ0v) is 63.4. The highest BCUT2D eigenvalue weighted by Crippen LogP contribution is 2.45. The molecule has 0 aliphatic carbocycles. The third-order valence-electron chi connectivity index (χ3n) is 17.7. The van der Waals surface area contributed by atoms with Crippen molar-refractivity contribution in [3.05, 3.63) is 0 Å². The Hall–Kier alpha value is -1.94. The molecule has 3 N–H and O–H groups in total. The standard InChI is InChI=1S/C75H146O17P2/c1-9-68(8)54-46-38-29-25-26-32-42-50-58-75(80)92-71(62-86-73(78)56-48-40-34-33-37-45-53-67(6)7)64-90-94(83,84)88-60-69(76)59-87-93(81,82)89-63-70(61-85-72(77)55-47-39-30-24-20-22-28-36-44-52-66(4)5)91-74(79)57-49-41-31-23-19-17-15-13-11-10-12-14-16-18-21-27-35-43-51-65(2)3/h65-71,76H,9-64H2,1-8H3,(H,81,82)(H,83,84)/t68?,69-,70-,71-/m1/s1. The van der Waals surface area contributed by atoms with Gasteiger partial charge in [-0.25, -0.2) is 9.13 Å². The van der Waals surface area contributed by atoms with Crippen LogP contribution in [0, 0.1) is 23.7 Å². The van der Waals surface area contributed by atoms with Crippen LogP contribution in [0.1, 0.15) is 376 Å². The lowest BCUT2D eigenvalue weighted by atomic mass is 9.99. The first-order valence-corrected chi connectivity index (χ1v) is 41.7. The highest BCUT2D eigenvalue weighted by Gasteiger charge is 2.30. The summed E-state index contributed by atoms with van der Waals surface area (Å²) < 4.78 is 68.4. The fourth-order valence-electron chi connectivity index (χ4n) is 11.3. The molecule has 94 heavy (non-hydrogen) atoms. The van der Waals surface area contributed by atoms with Crippen molar-refractivity contribution in [3.63, 3.8) is 0 Å². The lowest BCUT2D eigenvalue weighted by Crippen LogP contribution is -2.30. The van der Waals surface area contributed by atoms with Gasteiger partial charge >= 0.3 is 39.5 Å². The number of unbranched alkanes of at least 4 members (excludes halogenated alkanes) is 37. The smallest absolute Gasteiger partial charge is 0.462 e. The van der Waals surface area contributed by atoms with Crippen LogP contribution in [-0.2, 0) is 65.4 Å². The first kappa shape index (κ1) is 92.1. The molecule has 0 aliphatic rings. The van der Waals surface area contributed by atoms with Gasteiger partial charge in [0.05, 0.1) is 26.4 Å². The number of rotatable bonds is 72. The molecule has 19 heteroatoms. The molecule has 0 rings (SSSR count). The second-order valence-electron chi connectivity index (χ2n) is 28.7. The lowest BCUT2D eigenvalue weighted by Gasteiger charge is -2.21. The number of hydrogen-bond donors (Lipinski definition) is 3. The molecule has 0 radical (unpaired) electrons. The molecule has 0 saturated heterocycles. The number of phosphoric acid groups is 2. The first-order valence-electron chi connectivity index (χ1n) is 38.7. The molecule has 0 aliphatic heterocycles. The van der Waals surface area contributed by atoms with Crippen LogP contribution in [-0.4, -0.2) is 96.7 Å². The van der Waals surface area contributed by atoms with Crippen molar-refractivity contribution in [1.82, 2.24) is 0 Å². The number of ether oxygens (including phenoxy) is 4. The Kier molecular flexibility index (Phi) is 63.1. The molecule has 0 aromatic rings. The fraction of sp³-hybridized carbons (Fsp3) is 0.947. The van der Waals surface area contributed by atoms with Gasteiger partial charge in [-0.2, -0.15) is 0 Å². The number of esters is 4. The topological polar surface area (TPSA) is 237 Å². The van der Waals surface area contributed by atoms with Gasteiger partial charge in [-0.3, -0.25) is 37.3 Å². The summed E-state index contributed by atoms with van der Waals surface area (Å²) in [6.07, 6.45) is 48.8. The van der Waals surface area contributed by atoms with Gasteiger partial charge in [0, 0.05) is 25.7 Å². The van der Waals surface area contributed by atoms with Crippen molar-refractivity contribution >= 4 is 39.5 Å². The fourth-order valence-corrected chi connectivity index (χ4v) is 12.9. The molecule has 0 saturated carbocycles. The van der Waals surface area contributed by atoms with Crippen LogP contribution in [0.5, 0.6) is 0 Å². The van der Waals surface area contributed by atoms with Crippen molar-refractivity contribution in [2.45, 2.75) is 395 Å². The van der Waals surface area contributed by atoms with Crippen molar-refractivity contribution < 1.29 is 80.2 Å². The molecule has 17 nitrogen and oxygen atoms in total. The Bertz CT molecular complexity index is 1850. The molecular formula is C75H146O17P2. The van der Waals surface area contributed by atoms with E-state index in [0.717, 1.165) is 114 Å². The molecule has 558 valence electrons. The maximum atomic E-state index is 13.1. The van der Waals surface area contributed by atoms with Crippen LogP contribution in [0.15, 0.2) is 0 Å². The normalized spacial score (nSPS) is 14.4. The minimum atomic E-state index is -4.96. The molecule has 0 spiro atoms. The van der Waals surface area contributed by atoms with E-state index < -0.39 is 97.5 Å². The predicted molar refractivity (Wildman–Crippen MR) is 381 cm³/mol. The van der Waals surface area contributed by atoms with Gasteiger partial charge in [0.2, 0.25) is 0 Å². The maximum Gasteiger partial charge on any atom is 0.472 e. The summed E-state index contributed by atoms with van der Waals surface area (Å²) in [5.74, 6) is 0.886. The summed E-state index contributed by atoms with van der Waals surface area (Å²) in [5, 5.41) is 10.6. The van der Waals surface area contributed by atoms with Gasteiger partial charge < -0.3 is 33.8 Å². The Balaban J connectivity index is 5.19. The van der Waals surface area contributed by atoms with E-state index in [4.69, 9.17) is 37.0 Å². The van der Waals surface area contributed by atoms with E-state index >= 15 is 0 Å². The molecule has 0 heterocycles. The molecule has 0 aromatic carbocycles. The van der Waals surface area contributed by atoms with Crippen LogP contribution in [0.25, 0.3) is 0 Å². The summed E-state index contributed by atoms with van der Waals surface area (Å²) >= 11 is 0. The molecule has 0 amide bonds. The monoisotopic (exact) mass is 1380 g/mol. The molecule has 6 atom stereocenters. The largest absolute Gasteiger partial charge is 0.472 e.